The first-order valence-corrected chi connectivity index (χ1v) is 7.24. The largest absolute Gasteiger partial charge is 0.360 e. The normalized spacial score (nSPS) is 24.8. The summed E-state index contributed by atoms with van der Waals surface area (Å²) in [6, 6.07) is 5.55. The Hall–Kier alpha value is -0.610. The van der Waals surface area contributed by atoms with Gasteiger partial charge in [0.05, 0.1) is 6.04 Å². The molecule has 0 bridgehead atoms. The van der Waals surface area contributed by atoms with Crippen molar-refractivity contribution in [3.8, 4) is 0 Å². The summed E-state index contributed by atoms with van der Waals surface area (Å²) in [7, 11) is 0. The molecule has 0 amide bonds. The summed E-state index contributed by atoms with van der Waals surface area (Å²) in [5.74, 6) is 0. The number of hydrogen-bond donors (Lipinski definition) is 1. The van der Waals surface area contributed by atoms with Gasteiger partial charge in [0.2, 0.25) is 0 Å². The molecule has 1 aliphatic heterocycles. The minimum atomic E-state index is 0.527. The molecule has 1 atom stereocenters. The van der Waals surface area contributed by atoms with E-state index in [1.165, 1.54) is 30.6 Å². The highest BCUT2D eigenvalue weighted by molar-refractivity contribution is 7.80. The van der Waals surface area contributed by atoms with Crippen molar-refractivity contribution < 1.29 is 0 Å². The van der Waals surface area contributed by atoms with Gasteiger partial charge in [-0.1, -0.05) is 6.07 Å². The molecule has 0 spiro atoms. The summed E-state index contributed by atoms with van der Waals surface area (Å²) in [6.07, 6.45) is 5.08. The van der Waals surface area contributed by atoms with E-state index in [-0.39, 0.29) is 0 Å². The van der Waals surface area contributed by atoms with Gasteiger partial charge in [-0.15, -0.1) is 11.3 Å². The monoisotopic (exact) mass is 252 g/mol. The maximum Gasteiger partial charge on any atom is 0.169 e. The Morgan fingerprint density at radius 2 is 2.31 bits per heavy atom. The summed E-state index contributed by atoms with van der Waals surface area (Å²) in [5.41, 5.74) is 0. The smallest absolute Gasteiger partial charge is 0.169 e. The van der Waals surface area contributed by atoms with Crippen LogP contribution in [-0.4, -0.2) is 22.6 Å². The highest BCUT2D eigenvalue weighted by Crippen LogP contribution is 2.34. The van der Waals surface area contributed by atoms with Gasteiger partial charge >= 0.3 is 0 Å². The van der Waals surface area contributed by atoms with Gasteiger partial charge in [-0.25, -0.2) is 0 Å². The molecule has 2 aliphatic rings. The van der Waals surface area contributed by atoms with E-state index in [0.29, 0.717) is 12.1 Å². The second kappa shape index (κ2) is 4.34. The van der Waals surface area contributed by atoms with E-state index < -0.39 is 0 Å². The fraction of sp³-hybridized carbons (Fsp3) is 0.583. The van der Waals surface area contributed by atoms with Gasteiger partial charge in [0.25, 0.3) is 0 Å². The molecule has 1 saturated carbocycles. The molecular weight excluding hydrogens is 236 g/mol. The van der Waals surface area contributed by atoms with Gasteiger partial charge in [-0.05, 0) is 49.3 Å². The Balaban J connectivity index is 1.70. The first kappa shape index (κ1) is 10.5. The standard InChI is InChI=1S/C12H16N2S2/c15-12(13-9-5-6-9)14-7-1-3-10(14)11-4-2-8-16-11/h2,4,8-10H,1,3,5-7H2,(H,13,15)/t10-/m0/s1. The average molecular weight is 252 g/mol. The summed E-state index contributed by atoms with van der Waals surface area (Å²) in [5, 5.41) is 6.58. The van der Waals surface area contributed by atoms with Gasteiger partial charge in [-0.2, -0.15) is 0 Å². The third-order valence-corrected chi connectivity index (χ3v) is 4.62. The molecule has 2 fully saturated rings. The van der Waals surface area contributed by atoms with Gasteiger partial charge in [0, 0.05) is 17.5 Å². The van der Waals surface area contributed by atoms with Crippen LogP contribution in [0, 0.1) is 0 Å². The molecule has 1 aromatic heterocycles. The van der Waals surface area contributed by atoms with Crippen molar-refractivity contribution in [3.05, 3.63) is 22.4 Å². The van der Waals surface area contributed by atoms with Crippen LogP contribution in [0.4, 0.5) is 0 Å². The molecule has 4 heteroatoms. The van der Waals surface area contributed by atoms with Crippen LogP contribution in [0.1, 0.15) is 36.6 Å². The predicted octanol–water partition coefficient (Wildman–Crippen LogP) is 2.92. The van der Waals surface area contributed by atoms with Crippen LogP contribution in [0.15, 0.2) is 17.5 Å². The van der Waals surface area contributed by atoms with Crippen LogP contribution in [-0.2, 0) is 0 Å². The Kier molecular flexibility index (Phi) is 2.86. The lowest BCUT2D eigenvalue weighted by atomic mass is 10.2. The van der Waals surface area contributed by atoms with E-state index >= 15 is 0 Å². The van der Waals surface area contributed by atoms with Crippen LogP contribution < -0.4 is 5.32 Å². The van der Waals surface area contributed by atoms with Gasteiger partial charge in [0.1, 0.15) is 0 Å². The number of thiocarbonyl (C=S) groups is 1. The second-order valence-electron chi connectivity index (χ2n) is 4.59. The van der Waals surface area contributed by atoms with Gasteiger partial charge < -0.3 is 10.2 Å². The topological polar surface area (TPSA) is 15.3 Å². The molecule has 16 heavy (non-hydrogen) atoms. The lowest BCUT2D eigenvalue weighted by Crippen LogP contribution is -2.40. The second-order valence-corrected chi connectivity index (χ2v) is 5.96. The summed E-state index contributed by atoms with van der Waals surface area (Å²) in [4.78, 5) is 3.83. The zero-order valence-corrected chi connectivity index (χ0v) is 10.8. The fourth-order valence-corrected chi connectivity index (χ4v) is 3.53. The van der Waals surface area contributed by atoms with E-state index in [1.54, 1.807) is 0 Å². The molecule has 1 aliphatic carbocycles. The molecule has 3 rings (SSSR count). The minimum absolute atomic E-state index is 0.527. The molecule has 2 heterocycles. The molecular formula is C12H16N2S2. The first-order valence-electron chi connectivity index (χ1n) is 5.95. The SMILES string of the molecule is S=C(NC1CC1)N1CCC[C@H]1c1cccs1. The summed E-state index contributed by atoms with van der Waals surface area (Å²) in [6.45, 7) is 1.11. The van der Waals surface area contributed by atoms with E-state index in [0.717, 1.165) is 11.7 Å². The lowest BCUT2D eigenvalue weighted by molar-refractivity contribution is 0.398. The summed E-state index contributed by atoms with van der Waals surface area (Å²) < 4.78 is 0. The van der Waals surface area contributed by atoms with Gasteiger partial charge in [0.15, 0.2) is 5.11 Å². The number of likely N-dealkylation sites (tertiary alicyclic amines) is 1. The molecule has 0 radical (unpaired) electrons. The molecule has 0 aromatic carbocycles. The highest BCUT2D eigenvalue weighted by atomic mass is 32.1. The first-order chi connectivity index (χ1) is 7.84. The number of thiophene rings is 1. The lowest BCUT2D eigenvalue weighted by Gasteiger charge is -2.27. The number of rotatable bonds is 2. The zero-order chi connectivity index (χ0) is 11.0. The average Bonchev–Trinajstić information content (AvgIpc) is 2.84. The van der Waals surface area contributed by atoms with E-state index in [2.05, 4.69) is 27.7 Å². The minimum Gasteiger partial charge on any atom is -0.360 e. The van der Waals surface area contributed by atoms with Crippen LogP contribution in [0.25, 0.3) is 0 Å². The van der Waals surface area contributed by atoms with E-state index in [9.17, 15) is 0 Å². The van der Waals surface area contributed by atoms with Crippen molar-refractivity contribution in [1.29, 1.82) is 0 Å². The molecule has 2 nitrogen and oxygen atoms in total. The van der Waals surface area contributed by atoms with Crippen molar-refractivity contribution >= 4 is 28.7 Å². The van der Waals surface area contributed by atoms with Crippen molar-refractivity contribution in [2.45, 2.75) is 37.8 Å². The Bertz CT molecular complexity index is 370. The Morgan fingerprint density at radius 3 is 3.00 bits per heavy atom. The van der Waals surface area contributed by atoms with E-state index in [4.69, 9.17) is 12.2 Å². The molecule has 86 valence electrons. The number of nitrogens with zero attached hydrogens (tertiary/aromatic N) is 1. The van der Waals surface area contributed by atoms with Crippen molar-refractivity contribution in [1.82, 2.24) is 10.2 Å². The predicted molar refractivity (Wildman–Crippen MR) is 71.8 cm³/mol. The van der Waals surface area contributed by atoms with Gasteiger partial charge in [-0.3, -0.25) is 0 Å². The molecule has 1 N–H and O–H groups in total. The van der Waals surface area contributed by atoms with Crippen LogP contribution in [0.5, 0.6) is 0 Å². The van der Waals surface area contributed by atoms with Crippen LogP contribution >= 0.6 is 23.6 Å². The zero-order valence-electron chi connectivity index (χ0n) is 9.19. The molecule has 1 aromatic rings. The Labute approximate surface area is 106 Å². The van der Waals surface area contributed by atoms with Crippen LogP contribution in [0.3, 0.4) is 0 Å². The van der Waals surface area contributed by atoms with E-state index in [1.807, 2.05) is 11.3 Å². The van der Waals surface area contributed by atoms with Crippen molar-refractivity contribution in [2.24, 2.45) is 0 Å². The number of nitrogens with one attached hydrogen (secondary N) is 1. The van der Waals surface area contributed by atoms with Crippen molar-refractivity contribution in [2.75, 3.05) is 6.54 Å². The highest BCUT2D eigenvalue weighted by Gasteiger charge is 2.31. The number of hydrogen-bond acceptors (Lipinski definition) is 2. The summed E-state index contributed by atoms with van der Waals surface area (Å²) >= 11 is 7.35. The fourth-order valence-electron chi connectivity index (χ4n) is 2.27. The third kappa shape index (κ3) is 2.09. The Morgan fingerprint density at radius 1 is 1.44 bits per heavy atom. The van der Waals surface area contributed by atoms with Crippen LogP contribution in [0.2, 0.25) is 0 Å². The van der Waals surface area contributed by atoms with Crippen molar-refractivity contribution in [3.63, 3.8) is 0 Å². The molecule has 0 unspecified atom stereocenters. The molecule has 1 saturated heterocycles. The maximum atomic E-state index is 5.50. The third-order valence-electron chi connectivity index (χ3n) is 3.29. The maximum absolute atomic E-state index is 5.50. The quantitative estimate of drug-likeness (QED) is 0.815.